The Labute approximate surface area is 201 Å². The van der Waals surface area contributed by atoms with Crippen molar-refractivity contribution in [2.75, 3.05) is 20.7 Å². The van der Waals surface area contributed by atoms with Gasteiger partial charge in [-0.3, -0.25) is 9.78 Å². The van der Waals surface area contributed by atoms with Gasteiger partial charge in [0.05, 0.1) is 17.5 Å². The largest absolute Gasteiger partial charge is 0.369 e. The number of halogens is 2. The number of ether oxygens (including phenoxy) is 1. The van der Waals surface area contributed by atoms with E-state index in [-0.39, 0.29) is 28.3 Å². The number of hydrogen-bond donors (Lipinski definition) is 0. The van der Waals surface area contributed by atoms with E-state index < -0.39 is 17.4 Å². The fourth-order valence-electron chi connectivity index (χ4n) is 4.44. The Kier molecular flexibility index (Phi) is 6.02. The molecule has 1 fully saturated rings. The molecule has 0 bridgehead atoms. The minimum Gasteiger partial charge on any atom is -0.369 e. The quantitative estimate of drug-likeness (QED) is 0.221. The summed E-state index contributed by atoms with van der Waals surface area (Å²) in [5.74, 6) is -2.69. The second-order valence-corrected chi connectivity index (χ2v) is 8.94. The third-order valence-corrected chi connectivity index (χ3v) is 6.12. The molecule has 2 aromatic carbocycles. The molecular formula is C26H25F2N5O2. The highest BCUT2D eigenvalue weighted by atomic mass is 19.2. The first-order valence-corrected chi connectivity index (χ1v) is 11.5. The van der Waals surface area contributed by atoms with Crippen molar-refractivity contribution >= 4 is 39.6 Å². The van der Waals surface area contributed by atoms with Crippen LogP contribution in [0.25, 0.3) is 21.8 Å². The molecule has 1 saturated heterocycles. The lowest BCUT2D eigenvalue weighted by molar-refractivity contribution is -0.0391. The van der Waals surface area contributed by atoms with Crippen molar-refractivity contribution in [3.8, 4) is 0 Å². The molecule has 9 heteroatoms. The summed E-state index contributed by atoms with van der Waals surface area (Å²) in [6.45, 7) is 2.42. The van der Waals surface area contributed by atoms with Crippen LogP contribution in [-0.4, -0.2) is 52.5 Å². The van der Waals surface area contributed by atoms with E-state index >= 15 is 0 Å². The maximum atomic E-state index is 14.7. The summed E-state index contributed by atoms with van der Waals surface area (Å²) in [7, 11) is 3.64. The summed E-state index contributed by atoms with van der Waals surface area (Å²) in [6.07, 6.45) is 7.05. The van der Waals surface area contributed by atoms with Crippen LogP contribution in [0.2, 0.25) is 0 Å². The van der Waals surface area contributed by atoms with E-state index in [1.807, 2.05) is 27.1 Å². The number of benzene rings is 2. The van der Waals surface area contributed by atoms with Gasteiger partial charge < -0.3 is 9.64 Å². The van der Waals surface area contributed by atoms with Crippen molar-refractivity contribution in [3.63, 3.8) is 0 Å². The van der Waals surface area contributed by atoms with Crippen LogP contribution < -0.4 is 0 Å². The fourth-order valence-corrected chi connectivity index (χ4v) is 4.44. The first-order chi connectivity index (χ1) is 16.8. The lowest BCUT2D eigenvalue weighted by Gasteiger charge is -2.22. The summed E-state index contributed by atoms with van der Waals surface area (Å²) in [5, 5.41) is 5.19. The molecule has 7 nitrogen and oxygen atoms in total. The van der Waals surface area contributed by atoms with E-state index in [2.05, 4.69) is 15.1 Å². The zero-order valence-electron chi connectivity index (χ0n) is 19.8. The average Bonchev–Trinajstić information content (AvgIpc) is 3.31. The standard InChI is InChI=1S/C26H25F2N5O2/c1-15-11-18(24(30-14-32(2)3)16-7-6-9-29-23(15)16)26(34)17-12-20(27)22(28)25-19(17)13-33(31-25)21-8-4-5-10-35-21/h6-7,9,11-14,21H,4-5,8,10H2,1-3H3/b30-14+. The van der Waals surface area contributed by atoms with Crippen LogP contribution >= 0.6 is 0 Å². The van der Waals surface area contributed by atoms with Gasteiger partial charge in [-0.05, 0) is 56.0 Å². The Bertz CT molecular complexity index is 1470. The van der Waals surface area contributed by atoms with E-state index in [0.717, 1.165) is 24.5 Å². The summed E-state index contributed by atoms with van der Waals surface area (Å²) in [5.41, 5.74) is 2.00. The number of ketones is 1. The zero-order chi connectivity index (χ0) is 24.7. The molecule has 0 amide bonds. The lowest BCUT2D eigenvalue weighted by Crippen LogP contribution is -2.18. The number of carbonyl (C=O) groups is 1. The minimum atomic E-state index is -1.13. The topological polar surface area (TPSA) is 72.6 Å². The van der Waals surface area contributed by atoms with E-state index in [4.69, 9.17) is 4.74 Å². The van der Waals surface area contributed by atoms with Crippen LogP contribution in [0.3, 0.4) is 0 Å². The van der Waals surface area contributed by atoms with E-state index in [9.17, 15) is 13.6 Å². The molecule has 0 radical (unpaired) electrons. The van der Waals surface area contributed by atoms with Gasteiger partial charge in [0.25, 0.3) is 0 Å². The summed E-state index contributed by atoms with van der Waals surface area (Å²) in [6, 6.07) is 6.25. The number of aliphatic imine (C=N–C) groups is 1. The number of hydrogen-bond acceptors (Lipinski definition) is 5. The maximum Gasteiger partial charge on any atom is 0.196 e. The highest BCUT2D eigenvalue weighted by Crippen LogP contribution is 2.35. The lowest BCUT2D eigenvalue weighted by atomic mass is 9.94. The second kappa shape index (κ2) is 9.14. The molecule has 5 rings (SSSR count). The molecule has 0 aliphatic carbocycles. The molecule has 0 N–H and O–H groups in total. The summed E-state index contributed by atoms with van der Waals surface area (Å²) >= 11 is 0. The average molecular weight is 478 g/mol. The highest BCUT2D eigenvalue weighted by Gasteiger charge is 2.26. The third kappa shape index (κ3) is 4.16. The van der Waals surface area contributed by atoms with Crippen molar-refractivity contribution in [1.29, 1.82) is 0 Å². The second-order valence-electron chi connectivity index (χ2n) is 8.94. The molecule has 180 valence electrons. The molecule has 0 spiro atoms. The number of rotatable bonds is 5. The van der Waals surface area contributed by atoms with Gasteiger partial charge in [0.1, 0.15) is 11.7 Å². The van der Waals surface area contributed by atoms with Crippen LogP contribution in [-0.2, 0) is 4.74 Å². The van der Waals surface area contributed by atoms with Crippen molar-refractivity contribution in [2.45, 2.75) is 32.4 Å². The smallest absolute Gasteiger partial charge is 0.196 e. The van der Waals surface area contributed by atoms with Gasteiger partial charge in [-0.25, -0.2) is 18.5 Å². The predicted molar refractivity (Wildman–Crippen MR) is 130 cm³/mol. The first kappa shape index (κ1) is 23.0. The number of nitrogens with zero attached hydrogens (tertiary/aromatic N) is 5. The highest BCUT2D eigenvalue weighted by molar-refractivity contribution is 6.20. The Morgan fingerprint density at radius 2 is 2.03 bits per heavy atom. The van der Waals surface area contributed by atoms with Gasteiger partial charge in [0, 0.05) is 55.0 Å². The number of aromatic nitrogens is 3. The molecule has 0 saturated carbocycles. The molecule has 1 aliphatic heterocycles. The molecule has 1 unspecified atom stereocenters. The van der Waals surface area contributed by atoms with Gasteiger partial charge in [-0.2, -0.15) is 5.10 Å². The van der Waals surface area contributed by atoms with Crippen LogP contribution in [0.5, 0.6) is 0 Å². The van der Waals surface area contributed by atoms with Crippen molar-refractivity contribution < 1.29 is 18.3 Å². The number of aryl methyl sites for hydroxylation is 1. The molecule has 4 aromatic rings. The normalized spacial score (nSPS) is 16.4. The SMILES string of the molecule is Cc1cc(C(=O)c2cc(F)c(F)c3nn(C4CCCCO4)cc23)c(/N=C/N(C)C)c2cccnc12. The fraction of sp³-hybridized carbons (Fsp3) is 0.308. The van der Waals surface area contributed by atoms with Gasteiger partial charge in [-0.1, -0.05) is 0 Å². The Morgan fingerprint density at radius 3 is 2.77 bits per heavy atom. The Hall–Kier alpha value is -3.72. The van der Waals surface area contributed by atoms with Gasteiger partial charge >= 0.3 is 0 Å². The van der Waals surface area contributed by atoms with Crippen molar-refractivity contribution in [2.24, 2.45) is 4.99 Å². The van der Waals surface area contributed by atoms with Gasteiger partial charge in [-0.15, -0.1) is 0 Å². The van der Waals surface area contributed by atoms with Gasteiger partial charge in [0.2, 0.25) is 0 Å². The maximum absolute atomic E-state index is 14.7. The molecule has 2 aromatic heterocycles. The first-order valence-electron chi connectivity index (χ1n) is 11.5. The van der Waals surface area contributed by atoms with E-state index in [0.29, 0.717) is 29.6 Å². The Morgan fingerprint density at radius 1 is 1.20 bits per heavy atom. The zero-order valence-corrected chi connectivity index (χ0v) is 19.8. The van der Waals surface area contributed by atoms with Crippen LogP contribution in [0.15, 0.2) is 41.7 Å². The Balaban J connectivity index is 1.71. The molecular weight excluding hydrogens is 452 g/mol. The molecule has 3 heterocycles. The summed E-state index contributed by atoms with van der Waals surface area (Å²) < 4.78 is 36.7. The number of fused-ring (bicyclic) bond motifs is 2. The van der Waals surface area contributed by atoms with Crippen LogP contribution in [0.4, 0.5) is 14.5 Å². The predicted octanol–water partition coefficient (Wildman–Crippen LogP) is 5.32. The van der Waals surface area contributed by atoms with E-state index in [1.165, 1.54) is 4.68 Å². The monoisotopic (exact) mass is 477 g/mol. The molecule has 1 aliphatic rings. The van der Waals surface area contributed by atoms with Crippen LogP contribution in [0, 0.1) is 18.6 Å². The minimum absolute atomic E-state index is 0.0184. The summed E-state index contributed by atoms with van der Waals surface area (Å²) in [4.78, 5) is 24.6. The number of carbonyl (C=O) groups excluding carboxylic acids is 1. The van der Waals surface area contributed by atoms with Crippen molar-refractivity contribution in [3.05, 3.63) is 65.0 Å². The molecule has 1 atom stereocenters. The molecule has 35 heavy (non-hydrogen) atoms. The van der Waals surface area contributed by atoms with E-state index in [1.54, 1.807) is 35.8 Å². The van der Waals surface area contributed by atoms with Gasteiger partial charge in [0.15, 0.2) is 17.4 Å². The third-order valence-electron chi connectivity index (χ3n) is 6.12. The van der Waals surface area contributed by atoms with Crippen molar-refractivity contribution in [1.82, 2.24) is 19.7 Å². The number of pyridine rings is 1. The van der Waals surface area contributed by atoms with Crippen LogP contribution in [0.1, 0.15) is 47.0 Å².